The topological polar surface area (TPSA) is 41.5 Å². The summed E-state index contributed by atoms with van der Waals surface area (Å²) in [6.45, 7) is 2.60. The van der Waals surface area contributed by atoms with Crippen LogP contribution in [-0.4, -0.2) is 24.4 Å². The highest BCUT2D eigenvalue weighted by Crippen LogP contribution is 2.41. The van der Waals surface area contributed by atoms with Crippen LogP contribution in [0.1, 0.15) is 24.5 Å². The van der Waals surface area contributed by atoms with Gasteiger partial charge in [0.1, 0.15) is 5.75 Å². The Morgan fingerprint density at radius 2 is 2.16 bits per heavy atom. The highest BCUT2D eigenvalue weighted by Gasteiger charge is 2.37. The van der Waals surface area contributed by atoms with E-state index >= 15 is 0 Å². The Labute approximate surface area is 109 Å². The lowest BCUT2D eigenvalue weighted by atomic mass is 9.95. The maximum absolute atomic E-state index is 12.9. The highest BCUT2D eigenvalue weighted by molar-refractivity contribution is 5.66. The van der Waals surface area contributed by atoms with E-state index in [2.05, 4.69) is 5.32 Å². The largest absolute Gasteiger partial charge is 0.491 e. The number of halogens is 3. The van der Waals surface area contributed by atoms with Gasteiger partial charge in [0.15, 0.2) is 0 Å². The van der Waals surface area contributed by atoms with Crippen molar-refractivity contribution in [3.8, 4) is 5.75 Å². The van der Waals surface area contributed by atoms with Gasteiger partial charge in [0.25, 0.3) is 0 Å². The van der Waals surface area contributed by atoms with E-state index in [0.717, 1.165) is 12.5 Å². The maximum atomic E-state index is 12.9. The van der Waals surface area contributed by atoms with Crippen molar-refractivity contribution in [3.05, 3.63) is 23.3 Å². The first-order valence-corrected chi connectivity index (χ1v) is 6.21. The molecule has 0 spiro atoms. The molecular weight excluding hydrogens is 259 g/mol. The minimum atomic E-state index is -4.42. The average molecular weight is 275 g/mol. The zero-order chi connectivity index (χ0) is 14.0. The normalized spacial score (nSPS) is 18.7. The number of rotatable bonds is 3. The molecule has 0 radical (unpaired) electrons. The molecule has 6 heteroatoms. The molecule has 0 saturated carbocycles. The molecule has 19 heavy (non-hydrogen) atoms. The molecule has 0 bridgehead atoms. The van der Waals surface area contributed by atoms with Crippen LogP contribution in [0.4, 0.5) is 18.9 Å². The van der Waals surface area contributed by atoms with Crippen molar-refractivity contribution >= 4 is 5.69 Å². The smallest absolute Gasteiger partial charge is 0.416 e. The molecule has 3 nitrogen and oxygen atoms in total. The number of fused-ring (bicyclic) bond motifs is 1. The molecule has 2 rings (SSSR count). The van der Waals surface area contributed by atoms with Gasteiger partial charge >= 0.3 is 6.18 Å². The van der Waals surface area contributed by atoms with Crippen LogP contribution in [0.3, 0.4) is 0 Å². The monoisotopic (exact) mass is 275 g/mol. The summed E-state index contributed by atoms with van der Waals surface area (Å²) >= 11 is 0. The van der Waals surface area contributed by atoms with Gasteiger partial charge in [0.2, 0.25) is 0 Å². The van der Waals surface area contributed by atoms with E-state index in [4.69, 9.17) is 4.74 Å². The fourth-order valence-corrected chi connectivity index (χ4v) is 2.16. The first-order chi connectivity index (χ1) is 8.93. The van der Waals surface area contributed by atoms with Crippen molar-refractivity contribution in [2.75, 3.05) is 18.5 Å². The first kappa shape index (κ1) is 14.0. The fraction of sp³-hybridized carbons (Fsp3) is 0.538. The van der Waals surface area contributed by atoms with Gasteiger partial charge in [0.05, 0.1) is 24.0 Å². The second kappa shape index (κ2) is 5.28. The summed E-state index contributed by atoms with van der Waals surface area (Å²) in [5.41, 5.74) is -0.272. The Morgan fingerprint density at radius 1 is 1.42 bits per heavy atom. The summed E-state index contributed by atoms with van der Waals surface area (Å²) in [5.74, 6) is 0.414. The van der Waals surface area contributed by atoms with Gasteiger partial charge in [-0.25, -0.2) is 0 Å². The maximum Gasteiger partial charge on any atom is 0.416 e. The van der Waals surface area contributed by atoms with Crippen LogP contribution in [0.15, 0.2) is 12.1 Å². The van der Waals surface area contributed by atoms with Gasteiger partial charge in [0, 0.05) is 13.0 Å². The van der Waals surface area contributed by atoms with Crippen LogP contribution in [-0.2, 0) is 12.6 Å². The van der Waals surface area contributed by atoms with Crippen molar-refractivity contribution in [2.24, 2.45) is 0 Å². The van der Waals surface area contributed by atoms with E-state index in [0.29, 0.717) is 18.0 Å². The number of anilines is 1. The van der Waals surface area contributed by atoms with E-state index in [1.165, 1.54) is 6.07 Å². The summed E-state index contributed by atoms with van der Waals surface area (Å²) in [5, 5.41) is 12.4. The minimum absolute atomic E-state index is 0.0134. The lowest BCUT2D eigenvalue weighted by Crippen LogP contribution is -2.30. The van der Waals surface area contributed by atoms with E-state index in [9.17, 15) is 18.3 Å². The van der Waals surface area contributed by atoms with Crippen molar-refractivity contribution < 1.29 is 23.0 Å². The fourth-order valence-electron chi connectivity index (χ4n) is 2.16. The third-order valence-corrected chi connectivity index (χ3v) is 3.00. The van der Waals surface area contributed by atoms with Crippen LogP contribution in [0.5, 0.6) is 5.75 Å². The molecule has 0 aromatic heterocycles. The number of benzene rings is 1. The average Bonchev–Trinajstić information content (AvgIpc) is 2.34. The van der Waals surface area contributed by atoms with Crippen LogP contribution in [0.25, 0.3) is 0 Å². The lowest BCUT2D eigenvalue weighted by Gasteiger charge is -2.27. The molecule has 1 aromatic carbocycles. The SMILES string of the molecule is CCCOc1ccc(C(F)(F)F)c2c1NCC(O)C2. The van der Waals surface area contributed by atoms with Crippen molar-refractivity contribution in [1.29, 1.82) is 0 Å². The quantitative estimate of drug-likeness (QED) is 0.891. The van der Waals surface area contributed by atoms with E-state index in [-0.39, 0.29) is 18.5 Å². The molecule has 1 atom stereocenters. The Balaban J connectivity index is 2.44. The van der Waals surface area contributed by atoms with Crippen molar-refractivity contribution in [1.82, 2.24) is 0 Å². The molecule has 2 N–H and O–H groups in total. The van der Waals surface area contributed by atoms with Gasteiger partial charge in [-0.2, -0.15) is 13.2 Å². The Bertz CT molecular complexity index is 460. The number of hydrogen-bond acceptors (Lipinski definition) is 3. The molecule has 1 aliphatic heterocycles. The summed E-state index contributed by atoms with van der Waals surface area (Å²) < 4.78 is 44.3. The van der Waals surface area contributed by atoms with Crippen LogP contribution >= 0.6 is 0 Å². The number of β-amino-alcohol motifs (C(OH)–C–C–N with tert-alkyl or cyclic N) is 1. The lowest BCUT2D eigenvalue weighted by molar-refractivity contribution is -0.138. The number of ether oxygens (including phenoxy) is 1. The zero-order valence-corrected chi connectivity index (χ0v) is 10.5. The van der Waals surface area contributed by atoms with E-state index < -0.39 is 17.8 Å². The summed E-state index contributed by atoms with van der Waals surface area (Å²) in [7, 11) is 0. The predicted molar refractivity (Wildman–Crippen MR) is 65.4 cm³/mol. The second-order valence-corrected chi connectivity index (χ2v) is 4.55. The summed E-state index contributed by atoms with van der Waals surface area (Å²) in [4.78, 5) is 0. The molecule has 1 heterocycles. The third kappa shape index (κ3) is 2.94. The van der Waals surface area contributed by atoms with Crippen molar-refractivity contribution in [2.45, 2.75) is 32.0 Å². The summed E-state index contributed by atoms with van der Waals surface area (Å²) in [6.07, 6.45) is -4.47. The van der Waals surface area contributed by atoms with Crippen LogP contribution in [0, 0.1) is 0 Å². The van der Waals surface area contributed by atoms with Gasteiger partial charge in [-0.3, -0.25) is 0 Å². The molecule has 0 amide bonds. The molecule has 0 saturated heterocycles. The molecule has 106 valence electrons. The second-order valence-electron chi connectivity index (χ2n) is 4.55. The number of aliphatic hydroxyl groups excluding tert-OH is 1. The van der Waals surface area contributed by atoms with Gasteiger partial charge < -0.3 is 15.2 Å². The number of hydrogen-bond donors (Lipinski definition) is 2. The zero-order valence-electron chi connectivity index (χ0n) is 10.5. The Hall–Kier alpha value is -1.43. The van der Waals surface area contributed by atoms with E-state index in [1.54, 1.807) is 0 Å². The van der Waals surface area contributed by atoms with Gasteiger partial charge in [-0.1, -0.05) is 6.92 Å². The predicted octanol–water partition coefficient (Wildman–Crippen LogP) is 2.82. The molecule has 1 aliphatic rings. The number of alkyl halides is 3. The molecule has 0 aliphatic carbocycles. The summed E-state index contributed by atoms with van der Waals surface area (Å²) in [6, 6.07) is 2.35. The molecule has 1 unspecified atom stereocenters. The number of aliphatic hydroxyl groups is 1. The van der Waals surface area contributed by atoms with Gasteiger partial charge in [-0.15, -0.1) is 0 Å². The van der Waals surface area contributed by atoms with Crippen LogP contribution in [0.2, 0.25) is 0 Å². The number of nitrogens with one attached hydrogen (secondary N) is 1. The Morgan fingerprint density at radius 3 is 2.79 bits per heavy atom. The highest BCUT2D eigenvalue weighted by atomic mass is 19.4. The van der Waals surface area contributed by atoms with Crippen LogP contribution < -0.4 is 10.1 Å². The molecule has 1 aromatic rings. The third-order valence-electron chi connectivity index (χ3n) is 3.00. The van der Waals surface area contributed by atoms with Gasteiger partial charge in [-0.05, 0) is 24.1 Å². The van der Waals surface area contributed by atoms with E-state index in [1.807, 2.05) is 6.92 Å². The molecular formula is C13H16F3NO2. The first-order valence-electron chi connectivity index (χ1n) is 6.21. The van der Waals surface area contributed by atoms with Crippen molar-refractivity contribution in [3.63, 3.8) is 0 Å². The standard InChI is InChI=1S/C13H16F3NO2/c1-2-5-19-11-4-3-10(13(14,15)16)9-6-8(18)7-17-12(9)11/h3-4,8,17-18H,2,5-7H2,1H3. The molecule has 0 fully saturated rings. The Kier molecular flexibility index (Phi) is 3.89. The minimum Gasteiger partial charge on any atom is -0.491 e.